The molecule has 0 aliphatic rings. The zero-order valence-electron chi connectivity index (χ0n) is 9.04. The van der Waals surface area contributed by atoms with Gasteiger partial charge in [0.1, 0.15) is 11.6 Å². The quantitative estimate of drug-likeness (QED) is 0.696. The monoisotopic (exact) mass is 249 g/mol. The number of alkyl halides is 3. The summed E-state index contributed by atoms with van der Waals surface area (Å²) >= 11 is 0. The Bertz CT molecular complexity index is 496. The van der Waals surface area contributed by atoms with Gasteiger partial charge in [-0.15, -0.1) is 0 Å². The molecule has 0 atom stereocenters. The van der Waals surface area contributed by atoms with Crippen LogP contribution in [0.25, 0.3) is 0 Å². The average Bonchev–Trinajstić information content (AvgIpc) is 2.21. The van der Waals surface area contributed by atoms with E-state index in [1.807, 2.05) is 0 Å². The van der Waals surface area contributed by atoms with Gasteiger partial charge in [-0.3, -0.25) is 0 Å². The number of benzene rings is 1. The lowest BCUT2D eigenvalue weighted by molar-refractivity contribution is -0.140. The first-order chi connectivity index (χ1) is 7.71. The second kappa shape index (κ2) is 4.32. The van der Waals surface area contributed by atoms with Crippen molar-refractivity contribution >= 4 is 0 Å². The van der Waals surface area contributed by atoms with Crippen LogP contribution >= 0.6 is 0 Å². The van der Waals surface area contributed by atoms with E-state index < -0.39 is 40.9 Å². The van der Waals surface area contributed by atoms with Gasteiger partial charge in [-0.2, -0.15) is 18.4 Å². The van der Waals surface area contributed by atoms with Crippen LogP contribution in [0.15, 0.2) is 0 Å². The predicted molar refractivity (Wildman–Crippen MR) is 50.2 cm³/mol. The maximum absolute atomic E-state index is 13.5. The fourth-order valence-corrected chi connectivity index (χ4v) is 1.61. The molecule has 0 bridgehead atoms. The SMILES string of the molecule is Cc1c(F)c(C)c(CC#N)c(C(F)(F)F)c1F. The van der Waals surface area contributed by atoms with E-state index >= 15 is 0 Å². The molecule has 92 valence electrons. The van der Waals surface area contributed by atoms with Gasteiger partial charge in [-0.05, 0) is 25.0 Å². The zero-order valence-corrected chi connectivity index (χ0v) is 9.04. The van der Waals surface area contributed by atoms with Crippen molar-refractivity contribution in [2.45, 2.75) is 26.4 Å². The van der Waals surface area contributed by atoms with E-state index in [1.54, 1.807) is 0 Å². The van der Waals surface area contributed by atoms with E-state index in [0.29, 0.717) is 0 Å². The first-order valence-electron chi connectivity index (χ1n) is 4.63. The Morgan fingerprint density at radius 2 is 1.59 bits per heavy atom. The minimum Gasteiger partial charge on any atom is -0.206 e. The molecule has 0 aliphatic carbocycles. The van der Waals surface area contributed by atoms with Gasteiger partial charge >= 0.3 is 6.18 Å². The van der Waals surface area contributed by atoms with Crippen LogP contribution < -0.4 is 0 Å². The molecule has 17 heavy (non-hydrogen) atoms. The fraction of sp³-hybridized carbons (Fsp3) is 0.364. The van der Waals surface area contributed by atoms with Crippen LogP contribution in [0.4, 0.5) is 22.0 Å². The third-order valence-electron chi connectivity index (χ3n) is 2.50. The summed E-state index contributed by atoms with van der Waals surface area (Å²) in [5.41, 5.74) is -3.20. The van der Waals surface area contributed by atoms with E-state index in [-0.39, 0.29) is 5.56 Å². The minimum absolute atomic E-state index is 0.335. The van der Waals surface area contributed by atoms with E-state index in [1.165, 1.54) is 6.07 Å². The molecule has 1 aromatic rings. The Kier molecular flexibility index (Phi) is 3.41. The summed E-state index contributed by atoms with van der Waals surface area (Å²) < 4.78 is 64.8. The van der Waals surface area contributed by atoms with Crippen molar-refractivity contribution < 1.29 is 22.0 Å². The maximum atomic E-state index is 13.5. The standard InChI is InChI=1S/C11H8F5N/c1-5-7(3-4-17)8(11(14,15)16)10(13)6(2)9(5)12/h3H2,1-2H3. The molecule has 1 nitrogen and oxygen atoms in total. The average molecular weight is 249 g/mol. The second-order valence-corrected chi connectivity index (χ2v) is 3.56. The summed E-state index contributed by atoms with van der Waals surface area (Å²) in [7, 11) is 0. The van der Waals surface area contributed by atoms with Crippen LogP contribution in [0.5, 0.6) is 0 Å². The highest BCUT2D eigenvalue weighted by atomic mass is 19.4. The number of hydrogen-bond donors (Lipinski definition) is 0. The summed E-state index contributed by atoms with van der Waals surface area (Å²) in [5, 5.41) is 8.42. The van der Waals surface area contributed by atoms with Gasteiger partial charge in [-0.1, -0.05) is 0 Å². The van der Waals surface area contributed by atoms with Crippen molar-refractivity contribution in [2.24, 2.45) is 0 Å². The maximum Gasteiger partial charge on any atom is 0.419 e. The molecular formula is C11H8F5N. The van der Waals surface area contributed by atoms with Crippen LogP contribution in [0, 0.1) is 36.8 Å². The molecule has 1 aromatic carbocycles. The van der Waals surface area contributed by atoms with E-state index in [4.69, 9.17) is 5.26 Å². The number of rotatable bonds is 1. The van der Waals surface area contributed by atoms with Crippen molar-refractivity contribution in [3.63, 3.8) is 0 Å². The Hall–Kier alpha value is -1.64. The lowest BCUT2D eigenvalue weighted by Crippen LogP contribution is -2.16. The van der Waals surface area contributed by atoms with Crippen molar-refractivity contribution in [3.8, 4) is 6.07 Å². The summed E-state index contributed by atoms with van der Waals surface area (Å²) in [4.78, 5) is 0. The Morgan fingerprint density at radius 3 is 2.00 bits per heavy atom. The molecule has 0 radical (unpaired) electrons. The van der Waals surface area contributed by atoms with E-state index in [2.05, 4.69) is 0 Å². The Labute approximate surface area is 94.5 Å². The van der Waals surface area contributed by atoms with E-state index in [9.17, 15) is 22.0 Å². The molecule has 0 spiro atoms. The van der Waals surface area contributed by atoms with Crippen molar-refractivity contribution in [3.05, 3.63) is 33.9 Å². The van der Waals surface area contributed by atoms with Gasteiger partial charge in [-0.25, -0.2) is 8.78 Å². The van der Waals surface area contributed by atoms with Crippen molar-refractivity contribution in [1.82, 2.24) is 0 Å². The van der Waals surface area contributed by atoms with Gasteiger partial charge in [0.15, 0.2) is 0 Å². The normalized spacial score (nSPS) is 11.4. The first-order valence-corrected chi connectivity index (χ1v) is 4.63. The molecule has 1 rings (SSSR count). The number of halogens is 5. The van der Waals surface area contributed by atoms with Gasteiger partial charge in [0.05, 0.1) is 18.1 Å². The minimum atomic E-state index is -4.94. The molecule has 6 heteroatoms. The molecule has 0 N–H and O–H groups in total. The number of hydrogen-bond acceptors (Lipinski definition) is 1. The van der Waals surface area contributed by atoms with Crippen LogP contribution in [0.3, 0.4) is 0 Å². The third-order valence-corrected chi connectivity index (χ3v) is 2.50. The lowest BCUT2D eigenvalue weighted by atomic mass is 9.95. The Balaban J connectivity index is 3.73. The predicted octanol–water partition coefficient (Wildman–Crippen LogP) is 3.67. The van der Waals surface area contributed by atoms with E-state index in [0.717, 1.165) is 13.8 Å². The van der Waals surface area contributed by atoms with Gasteiger partial charge < -0.3 is 0 Å². The largest absolute Gasteiger partial charge is 0.419 e. The molecule has 0 fully saturated rings. The highest BCUT2D eigenvalue weighted by Gasteiger charge is 2.39. The van der Waals surface area contributed by atoms with Crippen LogP contribution in [0.2, 0.25) is 0 Å². The van der Waals surface area contributed by atoms with Crippen molar-refractivity contribution in [1.29, 1.82) is 5.26 Å². The molecule has 0 aromatic heterocycles. The first kappa shape index (κ1) is 13.4. The molecule has 0 aliphatic heterocycles. The number of nitriles is 1. The van der Waals surface area contributed by atoms with Crippen molar-refractivity contribution in [2.75, 3.05) is 0 Å². The molecule has 0 unspecified atom stereocenters. The summed E-state index contributed by atoms with van der Waals surface area (Å²) in [5.74, 6) is -2.69. The lowest BCUT2D eigenvalue weighted by Gasteiger charge is -2.17. The molecular weight excluding hydrogens is 241 g/mol. The topological polar surface area (TPSA) is 23.8 Å². The molecule has 0 heterocycles. The number of nitrogens with zero attached hydrogens (tertiary/aromatic N) is 1. The summed E-state index contributed by atoms with van der Waals surface area (Å²) in [6.45, 7) is 2.03. The van der Waals surface area contributed by atoms with Gasteiger partial charge in [0.25, 0.3) is 0 Å². The zero-order chi connectivity index (χ0) is 13.4. The molecule has 0 saturated carbocycles. The van der Waals surface area contributed by atoms with Crippen LogP contribution in [0.1, 0.15) is 22.3 Å². The Morgan fingerprint density at radius 1 is 1.06 bits per heavy atom. The second-order valence-electron chi connectivity index (χ2n) is 3.56. The summed E-state index contributed by atoms with van der Waals surface area (Å²) in [6.07, 6.45) is -5.63. The van der Waals surface area contributed by atoms with Crippen LogP contribution in [-0.2, 0) is 12.6 Å². The fourth-order valence-electron chi connectivity index (χ4n) is 1.61. The molecule has 0 amide bonds. The smallest absolute Gasteiger partial charge is 0.206 e. The highest BCUT2D eigenvalue weighted by Crippen LogP contribution is 2.38. The van der Waals surface area contributed by atoms with Crippen LogP contribution in [-0.4, -0.2) is 0 Å². The van der Waals surface area contributed by atoms with Gasteiger partial charge in [0, 0.05) is 5.56 Å². The third kappa shape index (κ3) is 2.23. The highest BCUT2D eigenvalue weighted by molar-refractivity contribution is 5.43. The molecule has 0 saturated heterocycles. The summed E-state index contributed by atoms with van der Waals surface area (Å²) in [6, 6.07) is 1.48. The van der Waals surface area contributed by atoms with Gasteiger partial charge in [0.2, 0.25) is 0 Å².